The van der Waals surface area contributed by atoms with Crippen LogP contribution in [0.4, 0.5) is 0 Å². The van der Waals surface area contributed by atoms with E-state index >= 15 is 0 Å². The number of ether oxygens (including phenoxy) is 2. The molecule has 1 aliphatic heterocycles. The Hall–Kier alpha value is -0.0500. The molecular weight excluding hydrogens is 188 g/mol. The van der Waals surface area contributed by atoms with Crippen LogP contribution in [0.2, 0.25) is 0 Å². The zero-order valence-electron chi connectivity index (χ0n) is 7.67. The van der Waals surface area contributed by atoms with Crippen LogP contribution in [0, 0.1) is 0 Å². The maximum atomic E-state index is 5.84. The van der Waals surface area contributed by atoms with Gasteiger partial charge in [-0.3, -0.25) is 0 Å². The Labute approximate surface area is 83.9 Å². The molecule has 1 spiro atoms. The summed E-state index contributed by atoms with van der Waals surface area (Å²) >= 11 is 5.49. The van der Waals surface area contributed by atoms with E-state index in [0.29, 0.717) is 6.61 Å². The molecule has 3 heteroatoms. The van der Waals surface area contributed by atoms with Crippen molar-refractivity contribution in [2.45, 2.75) is 44.0 Å². The van der Waals surface area contributed by atoms with Crippen LogP contribution >= 0.6 is 11.6 Å². The maximum Gasteiger partial charge on any atom is 0.169 e. The monoisotopic (exact) mass is 202 g/mol. The van der Waals surface area contributed by atoms with Crippen LogP contribution in [0.25, 0.3) is 0 Å². The van der Waals surface area contributed by atoms with Crippen molar-refractivity contribution in [2.75, 3.05) is 6.61 Å². The van der Waals surface area contributed by atoms with Crippen LogP contribution in [0.5, 0.6) is 0 Å². The third-order valence-corrected chi connectivity index (χ3v) is 2.93. The van der Waals surface area contributed by atoms with Gasteiger partial charge in [-0.05, 0) is 18.9 Å². The number of rotatable bonds is 1. The highest BCUT2D eigenvalue weighted by molar-refractivity contribution is 6.25. The van der Waals surface area contributed by atoms with Crippen molar-refractivity contribution in [3.05, 3.63) is 11.6 Å². The smallest absolute Gasteiger partial charge is 0.169 e. The van der Waals surface area contributed by atoms with Crippen molar-refractivity contribution in [1.82, 2.24) is 0 Å². The molecule has 1 saturated heterocycles. The summed E-state index contributed by atoms with van der Waals surface area (Å²) in [6, 6.07) is 0. The molecule has 2 aliphatic rings. The van der Waals surface area contributed by atoms with Crippen LogP contribution in [-0.2, 0) is 9.47 Å². The normalized spacial score (nSPS) is 33.2. The van der Waals surface area contributed by atoms with E-state index in [0.717, 1.165) is 12.8 Å². The van der Waals surface area contributed by atoms with Crippen LogP contribution in [0.3, 0.4) is 0 Å². The Morgan fingerprint density at radius 3 is 2.69 bits per heavy atom. The number of hydrogen-bond donors (Lipinski definition) is 0. The first kappa shape index (κ1) is 9.50. The molecular formula is C10H15ClO2. The van der Waals surface area contributed by atoms with Crippen LogP contribution in [0.15, 0.2) is 11.6 Å². The molecule has 2 rings (SSSR count). The third-order valence-electron chi connectivity index (χ3n) is 2.78. The predicted molar refractivity (Wildman–Crippen MR) is 51.6 cm³/mol. The van der Waals surface area contributed by atoms with E-state index < -0.39 is 0 Å². The second-order valence-electron chi connectivity index (χ2n) is 3.76. The van der Waals surface area contributed by atoms with Gasteiger partial charge in [-0.2, -0.15) is 0 Å². The summed E-state index contributed by atoms with van der Waals surface area (Å²) in [6.07, 6.45) is 7.75. The van der Waals surface area contributed by atoms with E-state index in [9.17, 15) is 0 Å². The zero-order chi connectivity index (χ0) is 9.15. The van der Waals surface area contributed by atoms with Gasteiger partial charge in [0.25, 0.3) is 0 Å². The molecule has 1 saturated carbocycles. The molecule has 1 aliphatic carbocycles. The zero-order valence-corrected chi connectivity index (χ0v) is 8.43. The molecule has 2 nitrogen and oxygen atoms in total. The Bertz CT molecular complexity index is 197. The number of halogens is 1. The second kappa shape index (κ2) is 3.99. The van der Waals surface area contributed by atoms with E-state index in [1.54, 1.807) is 0 Å². The number of hydrogen-bond acceptors (Lipinski definition) is 2. The fourth-order valence-corrected chi connectivity index (χ4v) is 2.27. The van der Waals surface area contributed by atoms with E-state index in [4.69, 9.17) is 21.1 Å². The Morgan fingerprint density at radius 1 is 1.23 bits per heavy atom. The minimum Gasteiger partial charge on any atom is -0.347 e. The molecule has 0 bridgehead atoms. The molecule has 0 aromatic heterocycles. The molecule has 13 heavy (non-hydrogen) atoms. The van der Waals surface area contributed by atoms with Crippen LogP contribution in [-0.4, -0.2) is 18.5 Å². The van der Waals surface area contributed by atoms with Crippen molar-refractivity contribution in [2.24, 2.45) is 0 Å². The summed E-state index contributed by atoms with van der Waals surface area (Å²) < 4.78 is 11.6. The SMILES string of the molecule is Cl/C=C/[C@H]1COC2(CCCCC2)O1. The first-order chi connectivity index (χ1) is 6.35. The average molecular weight is 203 g/mol. The fraction of sp³-hybridized carbons (Fsp3) is 0.800. The lowest BCUT2D eigenvalue weighted by atomic mass is 9.94. The molecule has 2 fully saturated rings. The maximum absolute atomic E-state index is 5.84. The van der Waals surface area contributed by atoms with Gasteiger partial charge in [-0.25, -0.2) is 0 Å². The lowest BCUT2D eigenvalue weighted by molar-refractivity contribution is -0.182. The summed E-state index contributed by atoms with van der Waals surface area (Å²) in [5.74, 6) is -0.265. The van der Waals surface area contributed by atoms with Crippen LogP contribution < -0.4 is 0 Å². The molecule has 74 valence electrons. The Balaban J connectivity index is 1.94. The summed E-state index contributed by atoms with van der Waals surface area (Å²) in [6.45, 7) is 0.656. The summed E-state index contributed by atoms with van der Waals surface area (Å²) in [5, 5.41) is 0. The second-order valence-corrected chi connectivity index (χ2v) is 4.01. The van der Waals surface area contributed by atoms with Crippen molar-refractivity contribution in [1.29, 1.82) is 0 Å². The first-order valence-corrected chi connectivity index (χ1v) is 5.37. The standard InChI is InChI=1S/C10H15ClO2/c11-7-4-9-8-12-10(13-9)5-2-1-3-6-10/h4,7,9H,1-3,5-6,8H2/b7-4+/t9-/m0/s1. The largest absolute Gasteiger partial charge is 0.347 e. The van der Waals surface area contributed by atoms with Gasteiger partial charge in [-0.1, -0.05) is 18.0 Å². The van der Waals surface area contributed by atoms with Crippen molar-refractivity contribution < 1.29 is 9.47 Å². The molecule has 1 atom stereocenters. The van der Waals surface area contributed by atoms with Gasteiger partial charge in [-0.15, -0.1) is 0 Å². The van der Waals surface area contributed by atoms with Crippen LogP contribution in [0.1, 0.15) is 32.1 Å². The predicted octanol–water partition coefficient (Wildman–Crippen LogP) is 2.81. The average Bonchev–Trinajstić information content (AvgIpc) is 2.51. The van der Waals surface area contributed by atoms with Gasteiger partial charge in [0.05, 0.1) is 6.61 Å². The summed E-state index contributed by atoms with van der Waals surface area (Å²) in [7, 11) is 0. The van der Waals surface area contributed by atoms with Gasteiger partial charge in [0, 0.05) is 18.4 Å². The van der Waals surface area contributed by atoms with E-state index in [-0.39, 0.29) is 11.9 Å². The Morgan fingerprint density at radius 2 is 2.00 bits per heavy atom. The van der Waals surface area contributed by atoms with Crippen molar-refractivity contribution in [3.63, 3.8) is 0 Å². The molecule has 0 N–H and O–H groups in total. The topological polar surface area (TPSA) is 18.5 Å². The minimum atomic E-state index is -0.265. The summed E-state index contributed by atoms with van der Waals surface area (Å²) in [4.78, 5) is 0. The molecule has 0 amide bonds. The highest BCUT2D eigenvalue weighted by atomic mass is 35.5. The molecule has 0 aromatic rings. The van der Waals surface area contributed by atoms with Gasteiger partial charge in [0.1, 0.15) is 6.10 Å². The van der Waals surface area contributed by atoms with Gasteiger partial charge < -0.3 is 9.47 Å². The lowest BCUT2D eigenvalue weighted by Crippen LogP contribution is -2.33. The van der Waals surface area contributed by atoms with E-state index in [1.807, 2.05) is 6.08 Å². The summed E-state index contributed by atoms with van der Waals surface area (Å²) in [5.41, 5.74) is 1.51. The van der Waals surface area contributed by atoms with Gasteiger partial charge in [0.2, 0.25) is 0 Å². The Kier molecular flexibility index (Phi) is 2.92. The molecule has 0 radical (unpaired) electrons. The van der Waals surface area contributed by atoms with E-state index in [1.165, 1.54) is 24.8 Å². The lowest BCUT2D eigenvalue weighted by Gasteiger charge is -2.31. The molecule has 0 unspecified atom stereocenters. The quantitative estimate of drug-likeness (QED) is 0.651. The van der Waals surface area contributed by atoms with Gasteiger partial charge in [0.15, 0.2) is 5.79 Å². The molecule has 0 aromatic carbocycles. The highest BCUT2D eigenvalue weighted by Crippen LogP contribution is 2.37. The highest BCUT2D eigenvalue weighted by Gasteiger charge is 2.41. The van der Waals surface area contributed by atoms with E-state index in [2.05, 4.69) is 0 Å². The van der Waals surface area contributed by atoms with Gasteiger partial charge >= 0.3 is 0 Å². The first-order valence-electron chi connectivity index (χ1n) is 4.93. The molecule has 1 heterocycles. The fourth-order valence-electron chi connectivity index (χ4n) is 2.11. The van der Waals surface area contributed by atoms with Crippen molar-refractivity contribution >= 4 is 11.6 Å². The minimum absolute atomic E-state index is 0.0654. The van der Waals surface area contributed by atoms with Crippen molar-refractivity contribution in [3.8, 4) is 0 Å². The third kappa shape index (κ3) is 2.06.